The van der Waals surface area contributed by atoms with Crippen LogP contribution in [0, 0.1) is 46.3 Å². The van der Waals surface area contributed by atoms with Gasteiger partial charge in [0.05, 0.1) is 17.8 Å². The highest BCUT2D eigenvalue weighted by Gasteiger charge is 2.63. The first-order chi connectivity index (χ1) is 12.2. The van der Waals surface area contributed by atoms with E-state index in [2.05, 4.69) is 33.8 Å². The smallest absolute Gasteiger partial charge is 0.156 e. The van der Waals surface area contributed by atoms with Gasteiger partial charge in [-0.25, -0.2) is 0 Å². The maximum atomic E-state index is 11.0. The average molecular weight is 360 g/mol. The third-order valence-electron chi connectivity index (χ3n) is 9.08. The van der Waals surface area contributed by atoms with Crippen LogP contribution in [0.4, 0.5) is 0 Å². The lowest BCUT2D eigenvalue weighted by molar-refractivity contribution is -0.147. The van der Waals surface area contributed by atoms with Gasteiger partial charge in [-0.3, -0.25) is 0 Å². The van der Waals surface area contributed by atoms with Crippen molar-refractivity contribution in [1.82, 2.24) is 0 Å². The minimum Gasteiger partial charge on any atom is -0.375 e. The molecule has 0 aliphatic heterocycles. The van der Waals surface area contributed by atoms with E-state index >= 15 is 0 Å². The monoisotopic (exact) mass is 359 g/mol. The lowest BCUT2D eigenvalue weighted by Crippen LogP contribution is -2.54. The van der Waals surface area contributed by atoms with Crippen molar-refractivity contribution in [3.63, 3.8) is 0 Å². The van der Waals surface area contributed by atoms with Crippen molar-refractivity contribution in [3.8, 4) is 6.07 Å². The van der Waals surface area contributed by atoms with Crippen molar-refractivity contribution in [2.45, 2.75) is 103 Å². The second-order valence-corrected chi connectivity index (χ2v) is 10.8. The molecule has 4 fully saturated rings. The van der Waals surface area contributed by atoms with Crippen LogP contribution in [0.5, 0.6) is 0 Å². The fourth-order valence-corrected chi connectivity index (χ4v) is 7.94. The third-order valence-corrected chi connectivity index (χ3v) is 9.08. The minimum absolute atomic E-state index is 0.0692. The molecule has 4 aliphatic carbocycles. The van der Waals surface area contributed by atoms with Gasteiger partial charge in [-0.1, -0.05) is 6.92 Å². The number of aliphatic hydroxyl groups is 1. The summed E-state index contributed by atoms with van der Waals surface area (Å²) in [4.78, 5) is 0. The molecule has 5 unspecified atom stereocenters. The van der Waals surface area contributed by atoms with Gasteiger partial charge in [0.15, 0.2) is 5.60 Å². The van der Waals surface area contributed by atoms with Gasteiger partial charge in [0, 0.05) is 5.41 Å². The van der Waals surface area contributed by atoms with Crippen molar-refractivity contribution in [2.75, 3.05) is 0 Å². The maximum absolute atomic E-state index is 11.0. The predicted molar refractivity (Wildman–Crippen MR) is 102 cm³/mol. The van der Waals surface area contributed by atoms with Gasteiger partial charge in [0.1, 0.15) is 0 Å². The van der Waals surface area contributed by atoms with E-state index in [1.54, 1.807) is 0 Å². The van der Waals surface area contributed by atoms with Crippen LogP contribution in [0.1, 0.15) is 85.5 Å². The molecule has 8 atom stereocenters. The Morgan fingerprint density at radius 1 is 0.962 bits per heavy atom. The second-order valence-electron chi connectivity index (χ2n) is 10.8. The molecule has 0 aromatic rings. The lowest BCUT2D eigenvalue weighted by atomic mass is 9.48. The van der Waals surface area contributed by atoms with Gasteiger partial charge >= 0.3 is 0 Å². The number of nitriles is 1. The molecule has 3 nitrogen and oxygen atoms in total. The van der Waals surface area contributed by atoms with Crippen LogP contribution in [0.3, 0.4) is 0 Å². The molecule has 26 heavy (non-hydrogen) atoms. The van der Waals surface area contributed by atoms with E-state index < -0.39 is 5.60 Å². The molecular formula is C23H37NO2. The van der Waals surface area contributed by atoms with Gasteiger partial charge in [-0.2, -0.15) is 5.26 Å². The molecule has 0 bridgehead atoms. The summed E-state index contributed by atoms with van der Waals surface area (Å²) in [5.74, 6) is 3.75. The molecule has 4 saturated carbocycles. The highest BCUT2D eigenvalue weighted by molar-refractivity contribution is 5.20. The van der Waals surface area contributed by atoms with Crippen LogP contribution in [-0.4, -0.2) is 22.4 Å². The molecule has 4 rings (SSSR count). The van der Waals surface area contributed by atoms with E-state index in [0.717, 1.165) is 36.5 Å². The molecule has 146 valence electrons. The summed E-state index contributed by atoms with van der Waals surface area (Å²) in [7, 11) is 0. The first-order valence-corrected chi connectivity index (χ1v) is 11.0. The molecule has 0 amide bonds. The fraction of sp³-hybridized carbons (Fsp3) is 0.957. The van der Waals surface area contributed by atoms with Crippen LogP contribution in [-0.2, 0) is 4.74 Å². The summed E-state index contributed by atoms with van der Waals surface area (Å²) in [6.45, 7) is 8.86. The molecule has 0 heterocycles. The first-order valence-electron chi connectivity index (χ1n) is 11.0. The van der Waals surface area contributed by atoms with Gasteiger partial charge in [0.2, 0.25) is 0 Å². The van der Waals surface area contributed by atoms with Crippen LogP contribution in [0.25, 0.3) is 0 Å². The van der Waals surface area contributed by atoms with Gasteiger partial charge in [-0.05, 0) is 108 Å². The maximum Gasteiger partial charge on any atom is 0.156 e. The zero-order valence-electron chi connectivity index (χ0n) is 17.1. The van der Waals surface area contributed by atoms with E-state index in [1.165, 1.54) is 38.5 Å². The number of nitrogens with zero attached hydrogens (tertiary/aromatic N) is 1. The topological polar surface area (TPSA) is 53.2 Å². The molecular weight excluding hydrogens is 322 g/mol. The first kappa shape index (κ1) is 18.8. The number of hydrogen-bond acceptors (Lipinski definition) is 3. The van der Waals surface area contributed by atoms with Crippen LogP contribution < -0.4 is 0 Å². The van der Waals surface area contributed by atoms with E-state index in [-0.39, 0.29) is 11.0 Å². The van der Waals surface area contributed by atoms with Crippen LogP contribution >= 0.6 is 0 Å². The van der Waals surface area contributed by atoms with Crippen molar-refractivity contribution >= 4 is 0 Å². The largest absolute Gasteiger partial charge is 0.375 e. The molecule has 1 N–H and O–H groups in total. The Kier molecular flexibility index (Phi) is 4.48. The Bertz CT molecular complexity index is 598. The van der Waals surface area contributed by atoms with E-state index in [1.807, 2.05) is 0 Å². The predicted octanol–water partition coefficient (Wildman–Crippen LogP) is 5.08. The Morgan fingerprint density at radius 3 is 2.38 bits per heavy atom. The highest BCUT2D eigenvalue weighted by atomic mass is 16.5. The third kappa shape index (κ3) is 2.67. The molecule has 0 saturated heterocycles. The fourth-order valence-electron chi connectivity index (χ4n) is 7.94. The van der Waals surface area contributed by atoms with Crippen LogP contribution in [0.15, 0.2) is 0 Å². The number of ether oxygens (including phenoxy) is 1. The van der Waals surface area contributed by atoms with Gasteiger partial charge in [-0.15, -0.1) is 0 Å². The normalized spacial score (nSPS) is 53.5. The summed E-state index contributed by atoms with van der Waals surface area (Å²) in [5, 5.41) is 20.6. The van der Waals surface area contributed by atoms with Crippen LogP contribution in [0.2, 0.25) is 0 Å². The Morgan fingerprint density at radius 2 is 1.69 bits per heavy atom. The summed E-state index contributed by atoms with van der Waals surface area (Å²) in [6, 6.07) is 2.30. The Hall–Kier alpha value is -0.590. The SMILES string of the molecule is CC(C)O[C@]1(C)CCC2C(CCC3[C@@H]2CCC2(C)[C@H]3CCC2(O)C#N)C1. The van der Waals surface area contributed by atoms with Crippen molar-refractivity contribution in [2.24, 2.45) is 35.0 Å². The lowest BCUT2D eigenvalue weighted by Gasteiger charge is -2.57. The molecule has 0 aromatic carbocycles. The zero-order valence-corrected chi connectivity index (χ0v) is 17.1. The van der Waals surface area contributed by atoms with Crippen molar-refractivity contribution < 1.29 is 9.84 Å². The van der Waals surface area contributed by atoms with Crippen molar-refractivity contribution in [3.05, 3.63) is 0 Å². The van der Waals surface area contributed by atoms with E-state index in [0.29, 0.717) is 18.4 Å². The second kappa shape index (κ2) is 6.21. The van der Waals surface area contributed by atoms with Crippen molar-refractivity contribution in [1.29, 1.82) is 5.26 Å². The zero-order chi connectivity index (χ0) is 18.7. The number of fused-ring (bicyclic) bond motifs is 5. The molecule has 0 radical (unpaired) electrons. The Labute approximate surface area is 159 Å². The number of hydrogen-bond donors (Lipinski definition) is 1. The molecule has 0 spiro atoms. The highest BCUT2D eigenvalue weighted by Crippen LogP contribution is 2.65. The molecule has 0 aromatic heterocycles. The van der Waals surface area contributed by atoms with Gasteiger partial charge in [0.25, 0.3) is 0 Å². The number of rotatable bonds is 2. The quantitative estimate of drug-likeness (QED) is 0.700. The average Bonchev–Trinajstić information content (AvgIpc) is 2.85. The minimum atomic E-state index is -1.09. The Balaban J connectivity index is 1.51. The van der Waals surface area contributed by atoms with E-state index in [4.69, 9.17) is 4.74 Å². The summed E-state index contributed by atoms with van der Waals surface area (Å²) >= 11 is 0. The van der Waals surface area contributed by atoms with Gasteiger partial charge < -0.3 is 9.84 Å². The summed E-state index contributed by atoms with van der Waals surface area (Å²) < 4.78 is 6.32. The standard InChI is InChI=1S/C23H37NO2/c1-15(2)26-21(3)10-7-17-16(13-21)5-6-19-18(17)8-11-22(4)20(19)9-12-23(22,25)14-24/h15-20,25H,5-13H2,1-4H3/t16?,17?,18-,19?,20+,21-,22?,23?/m1/s1. The molecule has 4 aliphatic rings. The summed E-state index contributed by atoms with van der Waals surface area (Å²) in [5.41, 5.74) is -1.20. The summed E-state index contributed by atoms with van der Waals surface area (Å²) in [6.07, 6.45) is 10.6. The van der Waals surface area contributed by atoms with E-state index in [9.17, 15) is 10.4 Å². The molecule has 3 heteroatoms.